The second-order valence-corrected chi connectivity index (χ2v) is 9.92. The summed E-state index contributed by atoms with van der Waals surface area (Å²) < 4.78 is 2.22. The normalized spacial score (nSPS) is 11.3. The lowest BCUT2D eigenvalue weighted by Crippen LogP contribution is -2.32. The molecule has 0 atom stereocenters. The highest BCUT2D eigenvalue weighted by atomic mass is 16.3. The van der Waals surface area contributed by atoms with Crippen LogP contribution in [0, 0.1) is 0 Å². The van der Waals surface area contributed by atoms with Gasteiger partial charge in [0.05, 0.1) is 0 Å². The van der Waals surface area contributed by atoms with Gasteiger partial charge in [-0.3, -0.25) is 4.79 Å². The van der Waals surface area contributed by atoms with Gasteiger partial charge < -0.3 is 5.11 Å². The number of aryl methyl sites for hydroxylation is 1. The highest BCUT2D eigenvalue weighted by molar-refractivity contribution is 6.07. The maximum Gasteiger partial charge on any atom is 0.185 e. The van der Waals surface area contributed by atoms with Gasteiger partial charge in [-0.05, 0) is 30.2 Å². The number of hydrogen-bond donors (Lipinski definition) is 1. The van der Waals surface area contributed by atoms with Crippen LogP contribution in [0.4, 0.5) is 0 Å². The lowest BCUT2D eigenvalue weighted by Gasteiger charge is -2.03. The molecule has 3 nitrogen and oxygen atoms in total. The Balaban J connectivity index is 1.45. The molecule has 2 rings (SSSR count). The lowest BCUT2D eigenvalue weighted by molar-refractivity contribution is -0.697. The molecule has 1 aromatic carbocycles. The zero-order valence-electron chi connectivity index (χ0n) is 22.1. The maximum atomic E-state index is 12.2. The fourth-order valence-corrected chi connectivity index (χ4v) is 4.50. The first-order valence-electron chi connectivity index (χ1n) is 14.2. The van der Waals surface area contributed by atoms with E-state index in [1.807, 2.05) is 18.2 Å². The van der Waals surface area contributed by atoms with E-state index in [2.05, 4.69) is 23.9 Å². The zero-order valence-corrected chi connectivity index (χ0v) is 22.1. The fourth-order valence-electron chi connectivity index (χ4n) is 4.50. The number of benzene rings is 1. The van der Waals surface area contributed by atoms with Crippen molar-refractivity contribution in [1.29, 1.82) is 0 Å². The molecule has 0 unspecified atom stereocenters. The summed E-state index contributed by atoms with van der Waals surface area (Å²) in [6.07, 6.45) is 29.9. The van der Waals surface area contributed by atoms with Gasteiger partial charge in [-0.15, -0.1) is 0 Å². The lowest BCUT2D eigenvalue weighted by atomic mass is 10.0. The van der Waals surface area contributed by atoms with E-state index in [0.717, 1.165) is 12.1 Å². The second-order valence-electron chi connectivity index (χ2n) is 9.92. The van der Waals surface area contributed by atoms with Crippen LogP contribution in [0.25, 0.3) is 6.08 Å². The van der Waals surface area contributed by atoms with Crippen molar-refractivity contribution < 1.29 is 14.5 Å². The van der Waals surface area contributed by atoms with E-state index in [1.165, 1.54) is 109 Å². The minimum Gasteiger partial charge on any atom is -0.508 e. The molecule has 192 valence electrons. The Labute approximate surface area is 214 Å². The molecule has 0 aliphatic rings. The number of hydrogen-bond acceptors (Lipinski definition) is 2. The van der Waals surface area contributed by atoms with Crippen molar-refractivity contribution in [2.45, 2.75) is 116 Å². The number of rotatable bonds is 20. The molecule has 0 bridgehead atoms. The van der Waals surface area contributed by atoms with Crippen molar-refractivity contribution in [1.82, 2.24) is 0 Å². The molecule has 0 fully saturated rings. The Morgan fingerprint density at radius 1 is 0.743 bits per heavy atom. The Morgan fingerprint density at radius 2 is 1.26 bits per heavy atom. The first kappa shape index (κ1) is 28.8. The Bertz CT molecular complexity index is 841. The number of unbranched alkanes of at least 4 members (excludes halogenated alkanes) is 15. The third kappa shape index (κ3) is 13.9. The van der Waals surface area contributed by atoms with E-state index in [-0.39, 0.29) is 11.5 Å². The van der Waals surface area contributed by atoms with Crippen LogP contribution in [-0.2, 0) is 6.54 Å². The molecule has 3 heteroatoms. The number of nitrogens with zero attached hydrogens (tertiary/aromatic N) is 1. The average molecular weight is 479 g/mol. The second kappa shape index (κ2) is 18.9. The Kier molecular flexibility index (Phi) is 15.5. The molecule has 1 N–H and O–H groups in total. The van der Waals surface area contributed by atoms with E-state index in [9.17, 15) is 9.90 Å². The van der Waals surface area contributed by atoms with Crippen molar-refractivity contribution in [3.8, 4) is 5.75 Å². The monoisotopic (exact) mass is 478 g/mol. The van der Waals surface area contributed by atoms with Crippen LogP contribution < -0.4 is 4.57 Å². The predicted octanol–water partition coefficient (Wildman–Crippen LogP) is 8.84. The number of phenols is 1. The van der Waals surface area contributed by atoms with Gasteiger partial charge in [0.15, 0.2) is 18.2 Å². The van der Waals surface area contributed by atoms with Crippen molar-refractivity contribution in [3.63, 3.8) is 0 Å². The summed E-state index contributed by atoms with van der Waals surface area (Å²) in [5.74, 6) is 0.00452. The summed E-state index contributed by atoms with van der Waals surface area (Å²) in [6.45, 7) is 3.33. The van der Waals surface area contributed by atoms with Gasteiger partial charge in [0.25, 0.3) is 0 Å². The largest absolute Gasteiger partial charge is 0.508 e. The van der Waals surface area contributed by atoms with E-state index in [0.29, 0.717) is 5.56 Å². The summed E-state index contributed by atoms with van der Waals surface area (Å²) in [5, 5.41) is 9.51. The Morgan fingerprint density at radius 3 is 1.77 bits per heavy atom. The summed E-state index contributed by atoms with van der Waals surface area (Å²) >= 11 is 0. The summed E-state index contributed by atoms with van der Waals surface area (Å²) in [6, 6.07) is 10.5. The number of ketones is 1. The number of aromatic hydroxyl groups is 1. The van der Waals surface area contributed by atoms with E-state index >= 15 is 0 Å². The first-order chi connectivity index (χ1) is 17.2. The van der Waals surface area contributed by atoms with Gasteiger partial charge in [-0.2, -0.15) is 0 Å². The van der Waals surface area contributed by atoms with Crippen LogP contribution in [0.1, 0.15) is 126 Å². The van der Waals surface area contributed by atoms with Crippen molar-refractivity contribution >= 4 is 11.9 Å². The van der Waals surface area contributed by atoms with Crippen LogP contribution in [0.2, 0.25) is 0 Å². The third-order valence-electron chi connectivity index (χ3n) is 6.74. The van der Waals surface area contributed by atoms with Gasteiger partial charge in [-0.25, -0.2) is 4.57 Å². The molecular formula is C32H48NO2+. The molecule has 1 aromatic heterocycles. The van der Waals surface area contributed by atoms with Crippen LogP contribution in [0.3, 0.4) is 0 Å². The standard InChI is InChI=1S/C32H47NO2/c1-2-3-4-5-6-7-8-9-10-11-12-13-14-15-16-17-25-33-26-23-29(24-27-33)21-22-32(35)30-19-18-20-31(34)28-30/h18-24,26-28H,2-17,25H2,1H3/p+1/b22-21+. The number of phenolic OH excluding ortho intramolecular Hbond substituents is 1. The minimum absolute atomic E-state index is 0.106. The molecule has 0 saturated heterocycles. The number of carbonyl (C=O) groups is 1. The van der Waals surface area contributed by atoms with Gasteiger partial charge in [-0.1, -0.05) is 115 Å². The zero-order chi connectivity index (χ0) is 25.0. The minimum atomic E-state index is -0.106. The first-order valence-corrected chi connectivity index (χ1v) is 14.2. The molecule has 0 saturated carbocycles. The third-order valence-corrected chi connectivity index (χ3v) is 6.74. The van der Waals surface area contributed by atoms with Gasteiger partial charge >= 0.3 is 0 Å². The average Bonchev–Trinajstić information content (AvgIpc) is 2.87. The molecule has 0 spiro atoms. The smallest absolute Gasteiger partial charge is 0.185 e. The molecule has 0 aliphatic heterocycles. The number of carbonyl (C=O) groups excluding carboxylic acids is 1. The van der Waals surface area contributed by atoms with E-state index in [1.54, 1.807) is 24.3 Å². The van der Waals surface area contributed by atoms with E-state index < -0.39 is 0 Å². The molecule has 35 heavy (non-hydrogen) atoms. The van der Waals surface area contributed by atoms with Crippen molar-refractivity contribution in [2.24, 2.45) is 0 Å². The number of aromatic nitrogens is 1. The molecule has 0 radical (unpaired) electrons. The van der Waals surface area contributed by atoms with Gasteiger partial charge in [0.2, 0.25) is 0 Å². The van der Waals surface area contributed by atoms with Gasteiger partial charge in [0, 0.05) is 24.1 Å². The topological polar surface area (TPSA) is 41.2 Å². The fraction of sp³-hybridized carbons (Fsp3) is 0.562. The predicted molar refractivity (Wildman–Crippen MR) is 148 cm³/mol. The SMILES string of the molecule is CCCCCCCCCCCCCCCCCC[n+]1ccc(/C=C/C(=O)c2cccc(O)c2)cc1. The van der Waals surface area contributed by atoms with Crippen LogP contribution >= 0.6 is 0 Å². The Hall–Kier alpha value is -2.42. The molecule has 2 aromatic rings. The summed E-state index contributed by atoms with van der Waals surface area (Å²) in [4.78, 5) is 12.2. The molecular weight excluding hydrogens is 430 g/mol. The quantitative estimate of drug-likeness (QED) is 0.0893. The summed E-state index contributed by atoms with van der Waals surface area (Å²) in [5.41, 5.74) is 1.50. The summed E-state index contributed by atoms with van der Waals surface area (Å²) in [7, 11) is 0. The molecule has 0 amide bonds. The molecule has 1 heterocycles. The van der Waals surface area contributed by atoms with Crippen molar-refractivity contribution in [2.75, 3.05) is 0 Å². The van der Waals surface area contributed by atoms with Crippen molar-refractivity contribution in [3.05, 3.63) is 66.0 Å². The molecule has 0 aliphatic carbocycles. The van der Waals surface area contributed by atoms with Crippen LogP contribution in [-0.4, -0.2) is 10.9 Å². The number of pyridine rings is 1. The maximum absolute atomic E-state index is 12.2. The van der Waals surface area contributed by atoms with E-state index in [4.69, 9.17) is 0 Å². The highest BCUT2D eigenvalue weighted by Gasteiger charge is 2.04. The van der Waals surface area contributed by atoms with Gasteiger partial charge in [0.1, 0.15) is 12.3 Å². The van der Waals surface area contributed by atoms with Crippen LogP contribution in [0.15, 0.2) is 54.9 Å². The van der Waals surface area contributed by atoms with Crippen LogP contribution in [0.5, 0.6) is 5.75 Å². The number of allylic oxidation sites excluding steroid dienone is 1. The highest BCUT2D eigenvalue weighted by Crippen LogP contribution is 2.14.